The van der Waals surface area contributed by atoms with Crippen LogP contribution in [0.25, 0.3) is 11.0 Å². The minimum Gasteiger partial charge on any atom is -0.478 e. The molecule has 2 aromatic carbocycles. The van der Waals surface area contributed by atoms with Crippen molar-refractivity contribution in [3.05, 3.63) is 76.5 Å². The van der Waals surface area contributed by atoms with Crippen molar-refractivity contribution in [1.29, 1.82) is 5.26 Å². The molecule has 0 bridgehead atoms. The van der Waals surface area contributed by atoms with E-state index in [0.717, 1.165) is 55.8 Å². The zero-order valence-corrected chi connectivity index (χ0v) is 22.9. The third-order valence-corrected chi connectivity index (χ3v) is 8.04. The lowest BCUT2D eigenvalue weighted by molar-refractivity contribution is -0.0592. The number of hydrogen-bond acceptors (Lipinski definition) is 8. The lowest BCUT2D eigenvalue weighted by Crippen LogP contribution is -2.36. The Morgan fingerprint density at radius 2 is 1.98 bits per heavy atom. The Morgan fingerprint density at radius 3 is 2.64 bits per heavy atom. The number of benzene rings is 2. The zero-order valence-electron chi connectivity index (χ0n) is 22.9. The number of fused-ring (bicyclic) bond motifs is 1. The summed E-state index contributed by atoms with van der Waals surface area (Å²) >= 11 is 0. The lowest BCUT2D eigenvalue weighted by atomic mass is 10.1. The molecule has 218 valence electrons. The van der Waals surface area contributed by atoms with Gasteiger partial charge in [0.05, 0.1) is 65.6 Å². The number of piperidine rings is 1. The Kier molecular flexibility index (Phi) is 7.88. The van der Waals surface area contributed by atoms with E-state index in [-0.39, 0.29) is 42.4 Å². The van der Waals surface area contributed by atoms with Crippen molar-refractivity contribution in [1.82, 2.24) is 24.2 Å². The van der Waals surface area contributed by atoms with Crippen LogP contribution in [0.5, 0.6) is 5.88 Å². The van der Waals surface area contributed by atoms with Gasteiger partial charge in [-0.25, -0.2) is 14.2 Å². The Labute approximate surface area is 241 Å². The fraction of sp³-hybridized carbons (Fsp3) is 0.400. The highest BCUT2D eigenvalue weighted by Crippen LogP contribution is 2.29. The molecule has 42 heavy (non-hydrogen) atoms. The van der Waals surface area contributed by atoms with Crippen LogP contribution in [0.3, 0.4) is 0 Å². The molecule has 2 saturated heterocycles. The first-order chi connectivity index (χ1) is 20.4. The topological polar surface area (TPSA) is 139 Å². The molecule has 2 N–H and O–H groups in total. The number of carboxylic acid groups (broad SMARTS) is 1. The number of aromatic carboxylic acids is 1. The largest absolute Gasteiger partial charge is 0.478 e. The Hall–Kier alpha value is -4.31. The normalized spacial score (nSPS) is 17.7. The summed E-state index contributed by atoms with van der Waals surface area (Å²) in [5, 5.41) is 32.9. The van der Waals surface area contributed by atoms with Crippen molar-refractivity contribution < 1.29 is 28.9 Å². The van der Waals surface area contributed by atoms with Gasteiger partial charge >= 0.3 is 5.97 Å². The summed E-state index contributed by atoms with van der Waals surface area (Å²) < 4.78 is 29.6. The zero-order chi connectivity index (χ0) is 29.2. The van der Waals surface area contributed by atoms with Gasteiger partial charge in [-0.3, -0.25) is 9.58 Å². The van der Waals surface area contributed by atoms with E-state index in [2.05, 4.69) is 14.6 Å². The standard InChI is InChI=1S/C30H31FN6O5/c31-25-11-19(13-32)1-2-21(25)18-42-29-22(17-38)14-37(34-29)23-5-8-35(9-6-23)16-28-33-26-4-3-20(30(39)40)12-27(26)36(28)15-24-7-10-41-24/h1-4,11-12,14,23-24,38H,5-10,15-18H2,(H,39,40)/t24-/m0/s1. The van der Waals surface area contributed by atoms with E-state index < -0.39 is 11.8 Å². The average Bonchev–Trinajstić information content (AvgIpc) is 3.54. The predicted octanol–water partition coefficient (Wildman–Crippen LogP) is 3.64. The number of ether oxygens (including phenoxy) is 2. The molecule has 12 heteroatoms. The molecule has 0 spiro atoms. The van der Waals surface area contributed by atoms with Crippen molar-refractivity contribution in [3.63, 3.8) is 0 Å². The van der Waals surface area contributed by atoms with Gasteiger partial charge < -0.3 is 24.3 Å². The summed E-state index contributed by atoms with van der Waals surface area (Å²) in [5.74, 6) is -0.348. The first-order valence-electron chi connectivity index (χ1n) is 14.0. The number of nitriles is 1. The Bertz CT molecular complexity index is 1650. The number of rotatable bonds is 10. The first-order valence-corrected chi connectivity index (χ1v) is 14.0. The van der Waals surface area contributed by atoms with Crippen molar-refractivity contribution in [3.8, 4) is 11.9 Å². The number of likely N-dealkylation sites (tertiary alicyclic amines) is 1. The van der Waals surface area contributed by atoms with Crippen LogP contribution in [0.2, 0.25) is 0 Å². The number of aromatic nitrogens is 4. The van der Waals surface area contributed by atoms with E-state index >= 15 is 0 Å². The van der Waals surface area contributed by atoms with Gasteiger partial charge in [0.2, 0.25) is 5.88 Å². The van der Waals surface area contributed by atoms with Crippen LogP contribution < -0.4 is 4.74 Å². The third kappa shape index (κ3) is 5.72. The van der Waals surface area contributed by atoms with Crippen LogP contribution in [0.1, 0.15) is 58.2 Å². The number of nitrogens with zero attached hydrogens (tertiary/aromatic N) is 6. The van der Waals surface area contributed by atoms with Crippen LogP contribution >= 0.6 is 0 Å². The molecule has 2 aromatic heterocycles. The summed E-state index contributed by atoms with van der Waals surface area (Å²) in [6.45, 7) is 3.28. The van der Waals surface area contributed by atoms with Gasteiger partial charge in [0.1, 0.15) is 18.2 Å². The summed E-state index contributed by atoms with van der Waals surface area (Å²) in [7, 11) is 0. The highest BCUT2D eigenvalue weighted by atomic mass is 19.1. The van der Waals surface area contributed by atoms with Gasteiger partial charge in [0, 0.05) is 31.5 Å². The van der Waals surface area contributed by atoms with Crippen molar-refractivity contribution >= 4 is 17.0 Å². The van der Waals surface area contributed by atoms with E-state index in [4.69, 9.17) is 19.7 Å². The van der Waals surface area contributed by atoms with Crippen LogP contribution in [0, 0.1) is 17.1 Å². The molecule has 4 aromatic rings. The van der Waals surface area contributed by atoms with Crippen LogP contribution in [-0.2, 0) is 31.0 Å². The van der Waals surface area contributed by atoms with Crippen LogP contribution in [-0.4, -0.2) is 66.2 Å². The molecule has 2 aliphatic heterocycles. The van der Waals surface area contributed by atoms with Gasteiger partial charge in [-0.2, -0.15) is 5.26 Å². The Balaban J connectivity index is 1.12. The highest BCUT2D eigenvalue weighted by molar-refractivity contribution is 5.92. The second-order valence-electron chi connectivity index (χ2n) is 10.7. The van der Waals surface area contributed by atoms with Gasteiger partial charge in [-0.05, 0) is 49.6 Å². The lowest BCUT2D eigenvalue weighted by Gasteiger charge is -2.32. The summed E-state index contributed by atoms with van der Waals surface area (Å²) in [6.07, 6.45) is 4.50. The van der Waals surface area contributed by atoms with Gasteiger partial charge in [-0.15, -0.1) is 5.10 Å². The summed E-state index contributed by atoms with van der Waals surface area (Å²) in [5.41, 5.74) is 2.87. The fourth-order valence-corrected chi connectivity index (χ4v) is 5.51. The summed E-state index contributed by atoms with van der Waals surface area (Å²) in [6, 6.07) is 11.3. The summed E-state index contributed by atoms with van der Waals surface area (Å²) in [4.78, 5) is 18.8. The number of halogens is 1. The van der Waals surface area contributed by atoms with E-state index in [1.807, 2.05) is 10.8 Å². The fourth-order valence-electron chi connectivity index (χ4n) is 5.51. The minimum atomic E-state index is -0.967. The molecule has 0 aliphatic carbocycles. The number of carbonyl (C=O) groups is 1. The maximum atomic E-state index is 14.3. The van der Waals surface area contributed by atoms with E-state index in [0.29, 0.717) is 24.2 Å². The van der Waals surface area contributed by atoms with E-state index in [1.165, 1.54) is 18.2 Å². The number of imidazole rings is 1. The van der Waals surface area contributed by atoms with Crippen molar-refractivity contribution in [2.45, 2.75) is 57.7 Å². The predicted molar refractivity (Wildman–Crippen MR) is 148 cm³/mol. The number of aliphatic hydroxyl groups is 1. The Morgan fingerprint density at radius 1 is 1.17 bits per heavy atom. The smallest absolute Gasteiger partial charge is 0.335 e. The van der Waals surface area contributed by atoms with Crippen LogP contribution in [0.4, 0.5) is 4.39 Å². The molecule has 4 heterocycles. The quantitative estimate of drug-likeness (QED) is 0.291. The third-order valence-electron chi connectivity index (χ3n) is 8.04. The number of aliphatic hydroxyl groups excluding tert-OH is 1. The molecule has 0 saturated carbocycles. The number of hydrogen-bond donors (Lipinski definition) is 2. The van der Waals surface area contributed by atoms with Gasteiger partial charge in [0.15, 0.2) is 0 Å². The molecule has 6 rings (SSSR count). The van der Waals surface area contributed by atoms with Gasteiger partial charge in [-0.1, -0.05) is 6.07 Å². The molecular formula is C30H31FN6O5. The molecule has 11 nitrogen and oxygen atoms in total. The second-order valence-corrected chi connectivity index (χ2v) is 10.7. The van der Waals surface area contributed by atoms with Gasteiger partial charge in [0.25, 0.3) is 0 Å². The second kappa shape index (κ2) is 11.9. The maximum Gasteiger partial charge on any atom is 0.335 e. The highest BCUT2D eigenvalue weighted by Gasteiger charge is 2.27. The maximum absolute atomic E-state index is 14.3. The van der Waals surface area contributed by atoms with Crippen molar-refractivity contribution in [2.24, 2.45) is 0 Å². The average molecular weight is 575 g/mol. The monoisotopic (exact) mass is 574 g/mol. The van der Waals surface area contributed by atoms with Crippen molar-refractivity contribution in [2.75, 3.05) is 19.7 Å². The molecule has 2 fully saturated rings. The number of carboxylic acids is 1. The van der Waals surface area contributed by atoms with E-state index in [9.17, 15) is 19.4 Å². The van der Waals surface area contributed by atoms with E-state index in [1.54, 1.807) is 24.4 Å². The SMILES string of the molecule is N#Cc1ccc(COc2nn(C3CCN(Cc4nc5ccc(C(=O)O)cc5n4C[C@@H]4CCO4)CC3)cc2CO)c(F)c1. The first kappa shape index (κ1) is 27.8. The minimum absolute atomic E-state index is 0.0686. The molecule has 0 unspecified atom stereocenters. The molecule has 1 atom stereocenters. The van der Waals surface area contributed by atoms with Crippen LogP contribution in [0.15, 0.2) is 42.6 Å². The molecule has 0 amide bonds. The molecule has 2 aliphatic rings. The molecular weight excluding hydrogens is 543 g/mol. The molecule has 0 radical (unpaired) electrons.